The Morgan fingerprint density at radius 2 is 2.11 bits per heavy atom. The highest BCUT2D eigenvalue weighted by molar-refractivity contribution is 5.82. The van der Waals surface area contributed by atoms with E-state index in [0.29, 0.717) is 13.2 Å². The van der Waals surface area contributed by atoms with E-state index in [-0.39, 0.29) is 5.97 Å². The number of benzene rings is 1. The molecule has 1 N–H and O–H groups in total. The number of esters is 1. The van der Waals surface area contributed by atoms with Crippen molar-refractivity contribution < 1.29 is 9.53 Å². The second-order valence-electron chi connectivity index (χ2n) is 4.81. The van der Waals surface area contributed by atoms with Gasteiger partial charge in [0, 0.05) is 6.54 Å². The molecule has 1 rings (SSSR count). The molecule has 0 aliphatic carbocycles. The second-order valence-corrected chi connectivity index (χ2v) is 4.81. The molecule has 3 nitrogen and oxygen atoms in total. The fraction of sp³-hybridized carbons (Fsp3) is 0.438. The van der Waals surface area contributed by atoms with Gasteiger partial charge in [-0.15, -0.1) is 6.58 Å². The number of carbonyl (C=O) groups is 1. The minimum Gasteiger partial charge on any atom is -0.464 e. The summed E-state index contributed by atoms with van der Waals surface area (Å²) in [5.74, 6) is -0.264. The summed E-state index contributed by atoms with van der Waals surface area (Å²) in [4.78, 5) is 12.2. The molecule has 0 aliphatic rings. The molecule has 0 fully saturated rings. The molecule has 0 saturated carbocycles. The largest absolute Gasteiger partial charge is 0.464 e. The quantitative estimate of drug-likeness (QED) is 0.632. The molecule has 3 heteroatoms. The van der Waals surface area contributed by atoms with Crippen LogP contribution in [0.4, 0.5) is 0 Å². The zero-order valence-electron chi connectivity index (χ0n) is 12.2. The van der Waals surface area contributed by atoms with Gasteiger partial charge in [0.1, 0.15) is 5.54 Å². The molecule has 0 saturated heterocycles. The van der Waals surface area contributed by atoms with Crippen molar-refractivity contribution in [3.63, 3.8) is 0 Å². The molecule has 0 spiro atoms. The summed E-state index contributed by atoms with van der Waals surface area (Å²) in [7, 11) is 0. The Bertz CT molecular complexity index is 468. The molecule has 1 aromatic rings. The highest BCUT2D eigenvalue weighted by Gasteiger charge is 2.36. The van der Waals surface area contributed by atoms with E-state index in [1.54, 1.807) is 6.08 Å². The van der Waals surface area contributed by atoms with Crippen molar-refractivity contribution in [2.75, 3.05) is 13.2 Å². The number of hydrogen-bond acceptors (Lipinski definition) is 3. The van der Waals surface area contributed by atoms with Crippen LogP contribution in [0, 0.1) is 13.8 Å². The third-order valence-corrected chi connectivity index (χ3v) is 3.37. The predicted molar refractivity (Wildman–Crippen MR) is 78.1 cm³/mol. The van der Waals surface area contributed by atoms with Gasteiger partial charge in [-0.3, -0.25) is 5.32 Å². The van der Waals surface area contributed by atoms with E-state index in [9.17, 15) is 4.79 Å². The van der Waals surface area contributed by atoms with Crippen LogP contribution in [0.3, 0.4) is 0 Å². The maximum absolute atomic E-state index is 12.2. The lowest BCUT2D eigenvalue weighted by Gasteiger charge is -2.29. The maximum Gasteiger partial charge on any atom is 0.330 e. The second kappa shape index (κ2) is 6.53. The van der Waals surface area contributed by atoms with Crippen molar-refractivity contribution in [2.45, 2.75) is 33.2 Å². The molecule has 0 radical (unpaired) electrons. The van der Waals surface area contributed by atoms with Crippen LogP contribution in [0.15, 0.2) is 30.9 Å². The topological polar surface area (TPSA) is 38.3 Å². The minimum absolute atomic E-state index is 0.264. The number of rotatable bonds is 6. The SMILES string of the molecule is C=CCNC(C)(C(=O)OCC)c1ccc(C)c(C)c1. The van der Waals surface area contributed by atoms with Gasteiger partial charge in [-0.25, -0.2) is 4.79 Å². The lowest BCUT2D eigenvalue weighted by atomic mass is 9.89. The van der Waals surface area contributed by atoms with Gasteiger partial charge in [0.2, 0.25) is 0 Å². The first kappa shape index (κ1) is 15.4. The van der Waals surface area contributed by atoms with Crippen molar-refractivity contribution in [1.82, 2.24) is 5.32 Å². The summed E-state index contributed by atoms with van der Waals surface area (Å²) in [5.41, 5.74) is 2.44. The molecule has 1 aromatic carbocycles. The summed E-state index contributed by atoms with van der Waals surface area (Å²) < 4.78 is 5.19. The smallest absolute Gasteiger partial charge is 0.330 e. The number of nitrogens with one attached hydrogen (secondary N) is 1. The summed E-state index contributed by atoms with van der Waals surface area (Å²) in [6.07, 6.45) is 1.73. The van der Waals surface area contributed by atoms with E-state index in [1.165, 1.54) is 5.56 Å². The van der Waals surface area contributed by atoms with Crippen molar-refractivity contribution in [2.24, 2.45) is 0 Å². The van der Waals surface area contributed by atoms with Crippen LogP contribution in [-0.2, 0) is 15.1 Å². The summed E-state index contributed by atoms with van der Waals surface area (Å²) in [6.45, 7) is 12.3. The van der Waals surface area contributed by atoms with Crippen LogP contribution in [-0.4, -0.2) is 19.1 Å². The van der Waals surface area contributed by atoms with Crippen molar-refractivity contribution in [3.05, 3.63) is 47.5 Å². The van der Waals surface area contributed by atoms with Gasteiger partial charge in [-0.05, 0) is 44.4 Å². The monoisotopic (exact) mass is 261 g/mol. The van der Waals surface area contributed by atoms with Gasteiger partial charge >= 0.3 is 5.97 Å². The molecule has 0 aliphatic heterocycles. The molecule has 104 valence electrons. The van der Waals surface area contributed by atoms with Gasteiger partial charge < -0.3 is 4.74 Å². The van der Waals surface area contributed by atoms with Gasteiger partial charge in [-0.1, -0.05) is 24.3 Å². The lowest BCUT2D eigenvalue weighted by molar-refractivity contribution is -0.150. The molecule has 1 unspecified atom stereocenters. The van der Waals surface area contributed by atoms with E-state index in [2.05, 4.69) is 18.8 Å². The summed E-state index contributed by atoms with van der Waals surface area (Å²) in [5, 5.41) is 3.20. The Hall–Kier alpha value is -1.61. The molecule has 0 bridgehead atoms. The van der Waals surface area contributed by atoms with E-state index in [0.717, 1.165) is 11.1 Å². The van der Waals surface area contributed by atoms with Crippen molar-refractivity contribution in [3.8, 4) is 0 Å². The maximum atomic E-state index is 12.2. The third kappa shape index (κ3) is 3.44. The molecule has 1 atom stereocenters. The first-order valence-corrected chi connectivity index (χ1v) is 6.56. The van der Waals surface area contributed by atoms with Crippen LogP contribution in [0.2, 0.25) is 0 Å². The molecular weight excluding hydrogens is 238 g/mol. The van der Waals surface area contributed by atoms with Crippen LogP contribution < -0.4 is 5.32 Å². The van der Waals surface area contributed by atoms with Crippen LogP contribution >= 0.6 is 0 Å². The number of carbonyl (C=O) groups excluding carboxylic acids is 1. The average molecular weight is 261 g/mol. The lowest BCUT2D eigenvalue weighted by Crippen LogP contribution is -2.47. The Morgan fingerprint density at radius 1 is 1.42 bits per heavy atom. The van der Waals surface area contributed by atoms with Gasteiger partial charge in [-0.2, -0.15) is 0 Å². The fourth-order valence-electron chi connectivity index (χ4n) is 1.90. The Morgan fingerprint density at radius 3 is 2.63 bits per heavy atom. The fourth-order valence-corrected chi connectivity index (χ4v) is 1.90. The van der Waals surface area contributed by atoms with E-state index in [1.807, 2.05) is 39.0 Å². The Labute approximate surface area is 115 Å². The highest BCUT2D eigenvalue weighted by atomic mass is 16.5. The van der Waals surface area contributed by atoms with Crippen molar-refractivity contribution >= 4 is 5.97 Å². The minimum atomic E-state index is -0.845. The molecule has 0 heterocycles. The normalized spacial score (nSPS) is 13.7. The van der Waals surface area contributed by atoms with Gasteiger partial charge in [0.05, 0.1) is 6.61 Å². The predicted octanol–water partition coefficient (Wildman–Crippen LogP) is 2.86. The Kier molecular flexibility index (Phi) is 5.31. The van der Waals surface area contributed by atoms with Crippen LogP contribution in [0.25, 0.3) is 0 Å². The van der Waals surface area contributed by atoms with Gasteiger partial charge in [0.15, 0.2) is 0 Å². The zero-order valence-corrected chi connectivity index (χ0v) is 12.2. The first-order chi connectivity index (χ1) is 8.95. The third-order valence-electron chi connectivity index (χ3n) is 3.37. The van der Waals surface area contributed by atoms with E-state index < -0.39 is 5.54 Å². The number of hydrogen-bond donors (Lipinski definition) is 1. The summed E-state index contributed by atoms with van der Waals surface area (Å²) >= 11 is 0. The average Bonchev–Trinajstić information content (AvgIpc) is 2.39. The summed E-state index contributed by atoms with van der Waals surface area (Å²) in [6, 6.07) is 6.02. The van der Waals surface area contributed by atoms with Crippen LogP contribution in [0.1, 0.15) is 30.5 Å². The molecule has 19 heavy (non-hydrogen) atoms. The first-order valence-electron chi connectivity index (χ1n) is 6.56. The Balaban J connectivity index is 3.17. The standard InChI is InChI=1S/C16H23NO2/c1-6-10-17-16(5,15(18)19-7-2)14-9-8-12(3)13(4)11-14/h6,8-9,11,17H,1,7,10H2,2-5H3. The van der Waals surface area contributed by atoms with Crippen LogP contribution in [0.5, 0.6) is 0 Å². The zero-order chi connectivity index (χ0) is 14.5. The highest BCUT2D eigenvalue weighted by Crippen LogP contribution is 2.24. The number of ether oxygens (including phenoxy) is 1. The molecular formula is C16H23NO2. The number of aryl methyl sites for hydroxylation is 2. The molecule has 0 amide bonds. The van der Waals surface area contributed by atoms with Crippen molar-refractivity contribution in [1.29, 1.82) is 0 Å². The molecule has 0 aromatic heterocycles. The van der Waals surface area contributed by atoms with E-state index >= 15 is 0 Å². The van der Waals surface area contributed by atoms with Gasteiger partial charge in [0.25, 0.3) is 0 Å². The van der Waals surface area contributed by atoms with E-state index in [4.69, 9.17) is 4.74 Å².